The molecule has 2 amide bonds. The van der Waals surface area contributed by atoms with Crippen LogP contribution < -0.4 is 9.62 Å². The number of carbonyl (C=O) groups excluding carboxylic acids is 3. The van der Waals surface area contributed by atoms with Gasteiger partial charge >= 0.3 is 12.1 Å². The number of hydrogen-bond donors (Lipinski definition) is 1. The third kappa shape index (κ3) is 8.37. The van der Waals surface area contributed by atoms with E-state index in [1.54, 1.807) is 54.3 Å². The third-order valence-corrected chi connectivity index (χ3v) is 8.90. The molecule has 11 heteroatoms. The fraction of sp³-hybridized carbons (Fsp3) is 0.364. The lowest BCUT2D eigenvalue weighted by atomic mass is 9.89. The SMILES string of the molecule is CCOC(=O)CN(c1ccc(NC(=O)c2ccc(C3CCN(C(=O)OC(C)(C)C)CC3)cc2)cc1)S(=O)(=O)c1ccccc1. The number of sulfonamides is 1. The Balaban J connectivity index is 1.39. The van der Waals surface area contributed by atoms with Crippen molar-refractivity contribution in [1.82, 2.24) is 4.90 Å². The van der Waals surface area contributed by atoms with E-state index in [0.717, 1.165) is 22.7 Å². The molecule has 1 aliphatic rings. The normalized spacial score (nSPS) is 14.0. The maximum absolute atomic E-state index is 13.4. The van der Waals surface area contributed by atoms with Crippen LogP contribution in [-0.4, -0.2) is 63.1 Å². The number of anilines is 2. The molecule has 0 spiro atoms. The summed E-state index contributed by atoms with van der Waals surface area (Å²) in [5.41, 5.74) is 1.77. The average Bonchev–Trinajstić information content (AvgIpc) is 3.00. The highest BCUT2D eigenvalue weighted by Gasteiger charge is 2.29. The summed E-state index contributed by atoms with van der Waals surface area (Å²) < 4.78 is 38.2. The molecular formula is C33H39N3O7S. The zero-order valence-electron chi connectivity index (χ0n) is 25.5. The van der Waals surface area contributed by atoms with Crippen molar-refractivity contribution in [2.45, 2.75) is 57.0 Å². The highest BCUT2D eigenvalue weighted by molar-refractivity contribution is 7.92. The number of amides is 2. The van der Waals surface area contributed by atoms with Crippen molar-refractivity contribution in [3.05, 3.63) is 90.0 Å². The van der Waals surface area contributed by atoms with Crippen LogP contribution in [0.2, 0.25) is 0 Å². The van der Waals surface area contributed by atoms with Crippen LogP contribution in [-0.2, 0) is 24.3 Å². The maximum Gasteiger partial charge on any atom is 0.410 e. The highest BCUT2D eigenvalue weighted by atomic mass is 32.2. The van der Waals surface area contributed by atoms with Gasteiger partial charge in [0.15, 0.2) is 0 Å². The number of piperidine rings is 1. The molecule has 234 valence electrons. The Kier molecular flexibility index (Phi) is 10.3. The predicted molar refractivity (Wildman–Crippen MR) is 168 cm³/mol. The molecule has 0 aromatic heterocycles. The third-order valence-electron chi connectivity index (χ3n) is 7.11. The summed E-state index contributed by atoms with van der Waals surface area (Å²) in [5.74, 6) is -0.714. The van der Waals surface area contributed by atoms with Crippen LogP contribution in [0.5, 0.6) is 0 Å². The van der Waals surface area contributed by atoms with Gasteiger partial charge in [-0.15, -0.1) is 0 Å². The van der Waals surface area contributed by atoms with Crippen molar-refractivity contribution < 1.29 is 32.3 Å². The van der Waals surface area contributed by atoms with Gasteiger partial charge in [0, 0.05) is 24.3 Å². The number of ether oxygens (including phenoxy) is 2. The second-order valence-electron chi connectivity index (χ2n) is 11.5. The Morgan fingerprint density at radius 3 is 2.09 bits per heavy atom. The molecule has 1 heterocycles. The van der Waals surface area contributed by atoms with E-state index in [4.69, 9.17) is 9.47 Å². The Morgan fingerprint density at radius 1 is 0.909 bits per heavy atom. The maximum atomic E-state index is 13.4. The van der Waals surface area contributed by atoms with Crippen LogP contribution in [0.15, 0.2) is 83.8 Å². The quantitative estimate of drug-likeness (QED) is 0.299. The van der Waals surface area contributed by atoms with Gasteiger partial charge in [0.25, 0.3) is 15.9 Å². The summed E-state index contributed by atoms with van der Waals surface area (Å²) in [6, 6.07) is 21.5. The number of likely N-dealkylation sites (tertiary alicyclic amines) is 1. The fourth-order valence-corrected chi connectivity index (χ4v) is 6.33. The van der Waals surface area contributed by atoms with E-state index < -0.39 is 28.1 Å². The van der Waals surface area contributed by atoms with Crippen molar-refractivity contribution in [1.29, 1.82) is 0 Å². The van der Waals surface area contributed by atoms with E-state index in [0.29, 0.717) is 24.3 Å². The van der Waals surface area contributed by atoms with Crippen LogP contribution in [0.1, 0.15) is 62.4 Å². The first-order valence-corrected chi connectivity index (χ1v) is 16.0. The minimum Gasteiger partial charge on any atom is -0.465 e. The van der Waals surface area contributed by atoms with Crippen LogP contribution in [0, 0.1) is 0 Å². The van der Waals surface area contributed by atoms with Gasteiger partial charge < -0.3 is 19.7 Å². The molecule has 3 aromatic carbocycles. The van der Waals surface area contributed by atoms with Crippen molar-refractivity contribution in [3.63, 3.8) is 0 Å². The number of carbonyl (C=O) groups is 3. The molecule has 0 bridgehead atoms. The zero-order valence-corrected chi connectivity index (χ0v) is 26.3. The lowest BCUT2D eigenvalue weighted by molar-refractivity contribution is -0.141. The molecule has 1 saturated heterocycles. The van der Waals surface area contributed by atoms with E-state index in [-0.39, 0.29) is 35.1 Å². The molecular weight excluding hydrogens is 582 g/mol. The first-order chi connectivity index (χ1) is 20.9. The molecule has 1 fully saturated rings. The molecule has 0 radical (unpaired) electrons. The summed E-state index contributed by atoms with van der Waals surface area (Å²) in [7, 11) is -4.06. The van der Waals surface area contributed by atoms with Crippen LogP contribution in [0.25, 0.3) is 0 Å². The van der Waals surface area contributed by atoms with Crippen LogP contribution in [0.3, 0.4) is 0 Å². The molecule has 0 saturated carbocycles. The summed E-state index contributed by atoms with van der Waals surface area (Å²) >= 11 is 0. The van der Waals surface area contributed by atoms with E-state index in [1.807, 2.05) is 32.9 Å². The standard InChI is InChI=1S/C33H39N3O7S/c1-5-42-30(37)23-36(44(40,41)29-9-7-6-8-10-29)28-17-15-27(16-18-28)34-31(38)26-13-11-24(12-14-26)25-19-21-35(22-20-25)32(39)43-33(2,3)4/h6-18,25H,5,19-23H2,1-4H3,(H,34,38). The molecule has 0 aliphatic carbocycles. The van der Waals surface area contributed by atoms with E-state index in [9.17, 15) is 22.8 Å². The van der Waals surface area contributed by atoms with Gasteiger partial charge in [-0.3, -0.25) is 13.9 Å². The van der Waals surface area contributed by atoms with Gasteiger partial charge in [-0.2, -0.15) is 0 Å². The Morgan fingerprint density at radius 2 is 1.52 bits per heavy atom. The molecule has 0 unspecified atom stereocenters. The monoisotopic (exact) mass is 621 g/mol. The smallest absolute Gasteiger partial charge is 0.410 e. The second kappa shape index (κ2) is 13.9. The number of rotatable bonds is 9. The van der Waals surface area contributed by atoms with E-state index in [1.165, 1.54) is 24.3 Å². The van der Waals surface area contributed by atoms with Gasteiger partial charge in [-0.05, 0) is 101 Å². The number of benzene rings is 3. The number of nitrogens with zero attached hydrogens (tertiary/aromatic N) is 2. The number of hydrogen-bond acceptors (Lipinski definition) is 7. The van der Waals surface area contributed by atoms with Crippen molar-refractivity contribution in [3.8, 4) is 0 Å². The van der Waals surface area contributed by atoms with Crippen LogP contribution in [0.4, 0.5) is 16.2 Å². The lowest BCUT2D eigenvalue weighted by Crippen LogP contribution is -2.41. The first kappa shape index (κ1) is 32.5. The fourth-order valence-electron chi connectivity index (χ4n) is 4.90. The largest absolute Gasteiger partial charge is 0.465 e. The van der Waals surface area contributed by atoms with Gasteiger partial charge in [0.2, 0.25) is 0 Å². The highest BCUT2D eigenvalue weighted by Crippen LogP contribution is 2.30. The van der Waals surface area contributed by atoms with Crippen molar-refractivity contribution in [2.75, 3.05) is 35.9 Å². The first-order valence-electron chi connectivity index (χ1n) is 14.6. The Labute approximate surface area is 259 Å². The Hall–Kier alpha value is -4.38. The molecule has 10 nitrogen and oxygen atoms in total. The predicted octanol–water partition coefficient (Wildman–Crippen LogP) is 5.81. The minimum atomic E-state index is -4.06. The van der Waals surface area contributed by atoms with Crippen molar-refractivity contribution in [2.24, 2.45) is 0 Å². The topological polar surface area (TPSA) is 122 Å². The van der Waals surface area contributed by atoms with Gasteiger partial charge in [-0.25, -0.2) is 13.2 Å². The number of esters is 1. The number of nitrogens with one attached hydrogen (secondary N) is 1. The molecule has 1 N–H and O–H groups in total. The van der Waals surface area contributed by atoms with E-state index >= 15 is 0 Å². The van der Waals surface area contributed by atoms with Gasteiger partial charge in [0.1, 0.15) is 12.1 Å². The molecule has 44 heavy (non-hydrogen) atoms. The minimum absolute atomic E-state index is 0.0405. The average molecular weight is 622 g/mol. The molecule has 1 aliphatic heterocycles. The van der Waals surface area contributed by atoms with Crippen molar-refractivity contribution >= 4 is 39.4 Å². The summed E-state index contributed by atoms with van der Waals surface area (Å²) in [4.78, 5) is 39.4. The summed E-state index contributed by atoms with van der Waals surface area (Å²) in [6.45, 7) is 8.06. The lowest BCUT2D eigenvalue weighted by Gasteiger charge is -2.33. The Bertz CT molecular complexity index is 1540. The molecule has 4 rings (SSSR count). The van der Waals surface area contributed by atoms with Crippen LogP contribution >= 0.6 is 0 Å². The molecule has 3 aromatic rings. The summed E-state index contributed by atoms with van der Waals surface area (Å²) in [6.07, 6.45) is 1.33. The molecule has 0 atom stereocenters. The van der Waals surface area contributed by atoms with Gasteiger partial charge in [-0.1, -0.05) is 30.3 Å². The summed E-state index contributed by atoms with van der Waals surface area (Å²) in [5, 5.41) is 2.84. The second-order valence-corrected chi connectivity index (χ2v) is 13.4. The van der Waals surface area contributed by atoms with E-state index in [2.05, 4.69) is 5.32 Å². The zero-order chi connectivity index (χ0) is 31.9. The van der Waals surface area contributed by atoms with Gasteiger partial charge in [0.05, 0.1) is 17.2 Å².